The van der Waals surface area contributed by atoms with Gasteiger partial charge in [0.1, 0.15) is 5.75 Å². The summed E-state index contributed by atoms with van der Waals surface area (Å²) in [7, 11) is 0. The Morgan fingerprint density at radius 3 is 2.88 bits per heavy atom. The molecule has 0 fully saturated rings. The molecular weight excluding hydrogens is 286 g/mol. The maximum Gasteiger partial charge on any atom is 0.251 e. The van der Waals surface area contributed by atoms with Crippen molar-refractivity contribution < 1.29 is 14.3 Å². The van der Waals surface area contributed by atoms with Crippen molar-refractivity contribution in [2.75, 3.05) is 0 Å². The summed E-state index contributed by atoms with van der Waals surface area (Å²) in [6.07, 6.45) is 3.12. The van der Waals surface area contributed by atoms with Gasteiger partial charge in [-0.3, -0.25) is 4.79 Å². The predicted molar refractivity (Wildman–Crippen MR) is 65.7 cm³/mol. The summed E-state index contributed by atoms with van der Waals surface area (Å²) in [5.41, 5.74) is 1.30. The van der Waals surface area contributed by atoms with E-state index in [0.29, 0.717) is 16.6 Å². The van der Waals surface area contributed by atoms with E-state index in [-0.39, 0.29) is 11.7 Å². The van der Waals surface area contributed by atoms with E-state index < -0.39 is 0 Å². The van der Waals surface area contributed by atoms with Gasteiger partial charge < -0.3 is 14.8 Å². The van der Waals surface area contributed by atoms with Crippen molar-refractivity contribution in [3.05, 3.63) is 52.4 Å². The molecule has 2 N–H and O–H groups in total. The first-order chi connectivity index (χ1) is 8.16. The standard InChI is InChI=1S/C12H10BrNO3/c13-10-2-1-9(5-11(10)15)12(16)14-6-8-3-4-17-7-8/h1-5,7,15H,6H2,(H,14,16). The number of rotatable bonds is 3. The van der Waals surface area contributed by atoms with Gasteiger partial charge in [-0.25, -0.2) is 0 Å². The molecule has 0 saturated carbocycles. The minimum atomic E-state index is -0.242. The van der Waals surface area contributed by atoms with Crippen LogP contribution in [-0.2, 0) is 6.54 Å². The van der Waals surface area contributed by atoms with Gasteiger partial charge in [-0.15, -0.1) is 0 Å². The quantitative estimate of drug-likeness (QED) is 0.915. The van der Waals surface area contributed by atoms with Crippen LogP contribution in [0.5, 0.6) is 5.75 Å². The molecule has 0 saturated heterocycles. The van der Waals surface area contributed by atoms with Crippen molar-refractivity contribution in [2.24, 2.45) is 0 Å². The number of benzene rings is 1. The lowest BCUT2D eigenvalue weighted by atomic mass is 10.2. The lowest BCUT2D eigenvalue weighted by molar-refractivity contribution is 0.0950. The molecule has 0 bridgehead atoms. The van der Waals surface area contributed by atoms with Crippen LogP contribution in [0.15, 0.2) is 45.7 Å². The van der Waals surface area contributed by atoms with Crippen molar-refractivity contribution in [3.63, 3.8) is 0 Å². The highest BCUT2D eigenvalue weighted by atomic mass is 79.9. The van der Waals surface area contributed by atoms with Crippen molar-refractivity contribution >= 4 is 21.8 Å². The van der Waals surface area contributed by atoms with Crippen LogP contribution >= 0.6 is 15.9 Å². The van der Waals surface area contributed by atoms with Crippen LogP contribution in [0.3, 0.4) is 0 Å². The highest BCUT2D eigenvalue weighted by Crippen LogP contribution is 2.24. The first-order valence-corrected chi connectivity index (χ1v) is 5.74. The van der Waals surface area contributed by atoms with E-state index in [4.69, 9.17) is 4.42 Å². The van der Waals surface area contributed by atoms with Crippen LogP contribution in [0.4, 0.5) is 0 Å². The van der Waals surface area contributed by atoms with Crippen molar-refractivity contribution in [1.29, 1.82) is 0 Å². The zero-order chi connectivity index (χ0) is 12.3. The van der Waals surface area contributed by atoms with E-state index in [1.165, 1.54) is 6.07 Å². The third-order valence-electron chi connectivity index (χ3n) is 2.24. The third-order valence-corrected chi connectivity index (χ3v) is 2.91. The summed E-state index contributed by atoms with van der Waals surface area (Å²) in [4.78, 5) is 11.7. The van der Waals surface area contributed by atoms with Crippen LogP contribution in [0.1, 0.15) is 15.9 Å². The van der Waals surface area contributed by atoms with Gasteiger partial charge in [0.05, 0.1) is 17.0 Å². The molecule has 1 amide bonds. The predicted octanol–water partition coefficient (Wildman–Crippen LogP) is 2.68. The molecule has 0 spiro atoms. The Hall–Kier alpha value is -1.75. The molecule has 1 aromatic heterocycles. The molecule has 4 nitrogen and oxygen atoms in total. The zero-order valence-corrected chi connectivity index (χ0v) is 10.4. The summed E-state index contributed by atoms with van der Waals surface area (Å²) >= 11 is 3.15. The molecule has 1 heterocycles. The molecule has 2 aromatic rings. The number of nitrogens with one attached hydrogen (secondary N) is 1. The summed E-state index contributed by atoms with van der Waals surface area (Å²) < 4.78 is 5.45. The maximum absolute atomic E-state index is 11.7. The molecule has 0 radical (unpaired) electrons. The van der Waals surface area contributed by atoms with Gasteiger partial charge >= 0.3 is 0 Å². The molecule has 0 aliphatic heterocycles. The molecule has 5 heteroatoms. The third kappa shape index (κ3) is 2.88. The Balaban J connectivity index is 2.02. The fourth-order valence-electron chi connectivity index (χ4n) is 1.33. The number of halogens is 1. The lowest BCUT2D eigenvalue weighted by Gasteiger charge is -2.04. The fraction of sp³-hybridized carbons (Fsp3) is 0.0833. The molecule has 2 rings (SSSR count). The van der Waals surface area contributed by atoms with E-state index in [9.17, 15) is 9.90 Å². The van der Waals surface area contributed by atoms with Gasteiger partial charge in [0, 0.05) is 17.7 Å². The number of hydrogen-bond acceptors (Lipinski definition) is 3. The fourth-order valence-corrected chi connectivity index (χ4v) is 1.58. The van der Waals surface area contributed by atoms with Gasteiger partial charge in [-0.05, 0) is 40.2 Å². The second-order valence-electron chi connectivity index (χ2n) is 3.48. The molecule has 17 heavy (non-hydrogen) atoms. The minimum Gasteiger partial charge on any atom is -0.507 e. The van der Waals surface area contributed by atoms with E-state index in [0.717, 1.165) is 5.56 Å². The van der Waals surface area contributed by atoms with Crippen LogP contribution in [-0.4, -0.2) is 11.0 Å². The maximum atomic E-state index is 11.7. The molecule has 0 aliphatic rings. The SMILES string of the molecule is O=C(NCc1ccoc1)c1ccc(Br)c(O)c1. The van der Waals surface area contributed by atoms with Gasteiger partial charge in [0.25, 0.3) is 5.91 Å². The second-order valence-corrected chi connectivity index (χ2v) is 4.33. The number of carbonyl (C=O) groups is 1. The van der Waals surface area contributed by atoms with Crippen LogP contribution in [0.2, 0.25) is 0 Å². The van der Waals surface area contributed by atoms with Crippen LogP contribution in [0, 0.1) is 0 Å². The number of hydrogen-bond donors (Lipinski definition) is 2. The van der Waals surface area contributed by atoms with Crippen LogP contribution in [0.25, 0.3) is 0 Å². The summed E-state index contributed by atoms with van der Waals surface area (Å²) in [5.74, 6) is -0.199. The molecule has 0 aliphatic carbocycles. The average molecular weight is 296 g/mol. The summed E-state index contributed by atoms with van der Waals surface area (Å²) in [5, 5.41) is 12.2. The largest absolute Gasteiger partial charge is 0.507 e. The molecular formula is C12H10BrNO3. The summed E-state index contributed by atoms with van der Waals surface area (Å²) in [6.45, 7) is 0.395. The Kier molecular flexibility index (Phi) is 3.49. The number of furan rings is 1. The van der Waals surface area contributed by atoms with Crippen molar-refractivity contribution in [1.82, 2.24) is 5.32 Å². The highest BCUT2D eigenvalue weighted by molar-refractivity contribution is 9.10. The lowest BCUT2D eigenvalue weighted by Crippen LogP contribution is -2.22. The zero-order valence-electron chi connectivity index (χ0n) is 8.81. The van der Waals surface area contributed by atoms with E-state index >= 15 is 0 Å². The van der Waals surface area contributed by atoms with Crippen LogP contribution < -0.4 is 5.32 Å². The molecule has 1 aromatic carbocycles. The molecule has 88 valence electrons. The Morgan fingerprint density at radius 2 is 2.24 bits per heavy atom. The van der Waals surface area contributed by atoms with Gasteiger partial charge in [0.15, 0.2) is 0 Å². The van der Waals surface area contributed by atoms with Gasteiger partial charge in [-0.1, -0.05) is 0 Å². The van der Waals surface area contributed by atoms with E-state index in [1.54, 1.807) is 30.7 Å². The smallest absolute Gasteiger partial charge is 0.251 e. The Morgan fingerprint density at radius 1 is 1.41 bits per heavy atom. The van der Waals surface area contributed by atoms with Gasteiger partial charge in [0.2, 0.25) is 0 Å². The van der Waals surface area contributed by atoms with Crippen molar-refractivity contribution in [3.8, 4) is 5.75 Å². The topological polar surface area (TPSA) is 62.5 Å². The summed E-state index contributed by atoms with van der Waals surface area (Å²) in [6, 6.07) is 6.45. The molecule has 0 unspecified atom stereocenters. The normalized spacial score (nSPS) is 10.2. The first-order valence-electron chi connectivity index (χ1n) is 4.94. The van der Waals surface area contributed by atoms with Crippen molar-refractivity contribution in [2.45, 2.75) is 6.54 Å². The van der Waals surface area contributed by atoms with E-state index in [1.807, 2.05) is 0 Å². The Labute approximate surface area is 106 Å². The number of amides is 1. The average Bonchev–Trinajstić information content (AvgIpc) is 2.82. The number of aromatic hydroxyl groups is 1. The monoisotopic (exact) mass is 295 g/mol. The number of carbonyl (C=O) groups excluding carboxylic acids is 1. The second kappa shape index (κ2) is 5.05. The number of phenols is 1. The van der Waals surface area contributed by atoms with E-state index in [2.05, 4.69) is 21.2 Å². The highest BCUT2D eigenvalue weighted by Gasteiger charge is 2.08. The Bertz CT molecular complexity index is 523. The molecule has 0 atom stereocenters. The minimum absolute atomic E-state index is 0.0426. The first kappa shape index (κ1) is 11.7. The number of phenolic OH excluding ortho intramolecular Hbond substituents is 1. The van der Waals surface area contributed by atoms with Gasteiger partial charge in [-0.2, -0.15) is 0 Å².